The predicted molar refractivity (Wildman–Crippen MR) is 81.3 cm³/mol. The summed E-state index contributed by atoms with van der Waals surface area (Å²) in [6, 6.07) is 1.07. The minimum Gasteiger partial charge on any atom is -0.398 e. The van der Waals surface area contributed by atoms with Gasteiger partial charge in [-0.25, -0.2) is 0 Å². The second-order valence-corrected chi connectivity index (χ2v) is 8.75. The number of nitrogens with one attached hydrogen (secondary N) is 1. The zero-order valence-corrected chi connectivity index (χ0v) is 13.9. The van der Waals surface area contributed by atoms with Crippen LogP contribution in [-0.4, -0.2) is 35.9 Å². The lowest BCUT2D eigenvalue weighted by Crippen LogP contribution is -2.36. The van der Waals surface area contributed by atoms with Gasteiger partial charge in [0.15, 0.2) is 0 Å². The fourth-order valence-electron chi connectivity index (χ4n) is 1.98. The molecule has 0 aliphatic carbocycles. The minimum atomic E-state index is -1.83. The Bertz CT molecular complexity index is 175. The Morgan fingerprint density at radius 2 is 1.39 bits per heavy atom. The van der Waals surface area contributed by atoms with Gasteiger partial charge in [0.1, 0.15) is 0 Å². The fourth-order valence-corrected chi connectivity index (χ4v) is 3.37. The van der Waals surface area contributed by atoms with Gasteiger partial charge in [-0.3, -0.25) is 0 Å². The summed E-state index contributed by atoms with van der Waals surface area (Å²) < 4.78 is 10.9. The molecule has 0 bridgehead atoms. The summed E-state index contributed by atoms with van der Waals surface area (Å²) >= 11 is 0. The van der Waals surface area contributed by atoms with Crippen LogP contribution in [0.3, 0.4) is 0 Å². The van der Waals surface area contributed by atoms with Gasteiger partial charge < -0.3 is 14.2 Å². The monoisotopic (exact) mass is 275 g/mol. The highest BCUT2D eigenvalue weighted by Crippen LogP contribution is 2.12. The fraction of sp³-hybridized carbons (Fsp3) is 1.00. The third-order valence-corrected chi connectivity index (χ3v) is 6.54. The van der Waals surface area contributed by atoms with Crippen molar-refractivity contribution in [3.05, 3.63) is 0 Å². The molecule has 3 nitrogen and oxygen atoms in total. The molecule has 0 aromatic carbocycles. The van der Waals surface area contributed by atoms with Crippen molar-refractivity contribution < 1.29 is 8.85 Å². The Morgan fingerprint density at radius 1 is 0.833 bits per heavy atom. The van der Waals surface area contributed by atoms with Gasteiger partial charge in [-0.15, -0.1) is 0 Å². The first-order valence-electron chi connectivity index (χ1n) is 7.49. The first-order valence-corrected chi connectivity index (χ1v) is 10.0. The van der Waals surface area contributed by atoms with Crippen LogP contribution in [0.4, 0.5) is 0 Å². The van der Waals surface area contributed by atoms with Crippen LogP contribution in [-0.2, 0) is 8.85 Å². The van der Waals surface area contributed by atoms with E-state index in [1.165, 1.54) is 38.5 Å². The summed E-state index contributed by atoms with van der Waals surface area (Å²) in [7, 11) is 1.70. The summed E-state index contributed by atoms with van der Waals surface area (Å²) in [4.78, 5) is 0. The van der Waals surface area contributed by atoms with Crippen LogP contribution in [0.25, 0.3) is 0 Å². The molecule has 0 amide bonds. The van der Waals surface area contributed by atoms with Gasteiger partial charge in [-0.05, 0) is 38.5 Å². The molecule has 4 heteroatoms. The third kappa shape index (κ3) is 10.1. The molecule has 0 aromatic heterocycles. The van der Waals surface area contributed by atoms with Crippen LogP contribution in [0.1, 0.15) is 51.9 Å². The summed E-state index contributed by atoms with van der Waals surface area (Å²) in [5.41, 5.74) is 0. The Balaban J connectivity index is 3.21. The lowest BCUT2D eigenvalue weighted by atomic mass is 10.1. The van der Waals surface area contributed by atoms with Gasteiger partial charge >= 0.3 is 8.56 Å². The number of unbranched alkanes of at least 4 members (excludes halogenated alkanes) is 5. The van der Waals surface area contributed by atoms with Crippen LogP contribution >= 0.6 is 0 Å². The van der Waals surface area contributed by atoms with Crippen LogP contribution < -0.4 is 5.32 Å². The number of rotatable bonds is 13. The molecule has 0 aromatic rings. The van der Waals surface area contributed by atoms with Crippen molar-refractivity contribution in [2.45, 2.75) is 64.5 Å². The van der Waals surface area contributed by atoms with Crippen molar-refractivity contribution in [1.29, 1.82) is 0 Å². The topological polar surface area (TPSA) is 30.5 Å². The second kappa shape index (κ2) is 12.1. The van der Waals surface area contributed by atoms with Crippen molar-refractivity contribution >= 4 is 8.56 Å². The zero-order chi connectivity index (χ0) is 13.7. The van der Waals surface area contributed by atoms with E-state index in [2.05, 4.69) is 18.8 Å². The molecule has 0 aliphatic rings. The highest BCUT2D eigenvalue weighted by molar-refractivity contribution is 6.65. The molecule has 0 fully saturated rings. The Kier molecular flexibility index (Phi) is 12.2. The van der Waals surface area contributed by atoms with Crippen LogP contribution in [0.2, 0.25) is 12.6 Å². The zero-order valence-electron chi connectivity index (χ0n) is 12.9. The van der Waals surface area contributed by atoms with E-state index in [4.69, 9.17) is 8.85 Å². The molecule has 0 rings (SSSR count). The summed E-state index contributed by atoms with van der Waals surface area (Å²) in [6.45, 7) is 6.63. The van der Waals surface area contributed by atoms with Gasteiger partial charge in [0, 0.05) is 14.2 Å². The largest absolute Gasteiger partial charge is 0.398 e. The maximum absolute atomic E-state index is 5.46. The van der Waals surface area contributed by atoms with E-state index in [-0.39, 0.29) is 0 Å². The van der Waals surface area contributed by atoms with Crippen molar-refractivity contribution in [2.75, 3.05) is 27.3 Å². The number of hydrogen-bond acceptors (Lipinski definition) is 3. The van der Waals surface area contributed by atoms with Crippen LogP contribution in [0.15, 0.2) is 0 Å². The molecule has 0 saturated heterocycles. The molecule has 18 heavy (non-hydrogen) atoms. The van der Waals surface area contributed by atoms with Crippen LogP contribution in [0, 0.1) is 0 Å². The molecule has 0 aliphatic heterocycles. The van der Waals surface area contributed by atoms with Crippen molar-refractivity contribution in [2.24, 2.45) is 0 Å². The first-order chi connectivity index (χ1) is 8.68. The molecular weight excluding hydrogens is 242 g/mol. The molecule has 110 valence electrons. The molecule has 0 unspecified atom stereocenters. The van der Waals surface area contributed by atoms with Gasteiger partial charge in [0.05, 0.1) is 0 Å². The molecule has 0 atom stereocenters. The lowest BCUT2D eigenvalue weighted by Gasteiger charge is -2.22. The van der Waals surface area contributed by atoms with Gasteiger partial charge in [-0.1, -0.05) is 39.0 Å². The molecule has 0 heterocycles. The predicted octanol–water partition coefficient (Wildman–Crippen LogP) is 3.69. The van der Waals surface area contributed by atoms with Gasteiger partial charge in [0.2, 0.25) is 0 Å². The van der Waals surface area contributed by atoms with E-state index in [1.54, 1.807) is 14.2 Å². The highest BCUT2D eigenvalue weighted by Gasteiger charge is 2.27. The molecule has 1 N–H and O–H groups in total. The van der Waals surface area contributed by atoms with Crippen molar-refractivity contribution in [3.8, 4) is 0 Å². The lowest BCUT2D eigenvalue weighted by molar-refractivity contribution is 0.248. The van der Waals surface area contributed by atoms with E-state index >= 15 is 0 Å². The average molecular weight is 276 g/mol. The Morgan fingerprint density at radius 3 is 2.00 bits per heavy atom. The van der Waals surface area contributed by atoms with Gasteiger partial charge in [0.25, 0.3) is 0 Å². The Labute approximate surface area is 115 Å². The summed E-state index contributed by atoms with van der Waals surface area (Å²) in [6.07, 6.45) is 9.36. The van der Waals surface area contributed by atoms with Crippen LogP contribution in [0.5, 0.6) is 0 Å². The SMILES string of the molecule is CCCCCCCCNCCC[Si](C)(OC)OC. The van der Waals surface area contributed by atoms with E-state index < -0.39 is 8.56 Å². The molecule has 0 spiro atoms. The molecular formula is C14H33NO2Si. The quantitative estimate of drug-likeness (QED) is 0.411. The first kappa shape index (κ1) is 18.1. The number of hydrogen-bond donors (Lipinski definition) is 1. The highest BCUT2D eigenvalue weighted by atomic mass is 28.4. The maximum Gasteiger partial charge on any atom is 0.334 e. The van der Waals surface area contributed by atoms with Crippen molar-refractivity contribution in [3.63, 3.8) is 0 Å². The van der Waals surface area contributed by atoms with E-state index in [0.29, 0.717) is 0 Å². The minimum absolute atomic E-state index is 1.07. The molecule has 0 radical (unpaired) electrons. The summed E-state index contributed by atoms with van der Waals surface area (Å²) in [5, 5.41) is 3.51. The second-order valence-electron chi connectivity index (χ2n) is 5.16. The maximum atomic E-state index is 5.46. The molecule has 0 saturated carbocycles. The van der Waals surface area contributed by atoms with E-state index in [9.17, 15) is 0 Å². The van der Waals surface area contributed by atoms with Crippen molar-refractivity contribution in [1.82, 2.24) is 5.32 Å². The van der Waals surface area contributed by atoms with E-state index in [0.717, 1.165) is 25.6 Å². The average Bonchev–Trinajstić information content (AvgIpc) is 2.40. The smallest absolute Gasteiger partial charge is 0.334 e. The van der Waals surface area contributed by atoms with Gasteiger partial charge in [-0.2, -0.15) is 0 Å². The van der Waals surface area contributed by atoms with E-state index in [1.807, 2.05) is 0 Å². The summed E-state index contributed by atoms with van der Waals surface area (Å²) in [5.74, 6) is 0. The standard InChI is InChI=1S/C14H33NO2Si/c1-5-6-7-8-9-10-12-15-13-11-14-18(4,16-2)17-3/h15H,5-14H2,1-4H3. The third-order valence-electron chi connectivity index (χ3n) is 3.56. The Hall–Kier alpha value is 0.0969. The normalized spacial score (nSPS) is 12.0.